The molecule has 4 nitrogen and oxygen atoms in total. The topological polar surface area (TPSA) is 44.4 Å². The van der Waals surface area contributed by atoms with Crippen LogP contribution in [0.5, 0.6) is 0 Å². The van der Waals surface area contributed by atoms with Crippen molar-refractivity contribution in [2.75, 3.05) is 17.2 Å². The molecule has 2 aliphatic rings. The summed E-state index contributed by atoms with van der Waals surface area (Å²) in [5.41, 5.74) is 2.11. The molecular formula is C16H23N3O. The molecule has 0 aromatic heterocycles. The van der Waals surface area contributed by atoms with Crippen molar-refractivity contribution in [3.8, 4) is 0 Å². The number of amides is 1. The fraction of sp³-hybridized carbons (Fsp3) is 0.562. The van der Waals surface area contributed by atoms with E-state index in [4.69, 9.17) is 0 Å². The highest BCUT2D eigenvalue weighted by molar-refractivity contribution is 5.89. The zero-order chi connectivity index (χ0) is 14.1. The van der Waals surface area contributed by atoms with Gasteiger partial charge in [-0.15, -0.1) is 0 Å². The predicted molar refractivity (Wildman–Crippen MR) is 82.0 cm³/mol. The number of carbonyl (C=O) groups is 1. The second-order valence-electron chi connectivity index (χ2n) is 5.86. The average Bonchev–Trinajstić information content (AvgIpc) is 2.87. The maximum atomic E-state index is 12.8. The van der Waals surface area contributed by atoms with Gasteiger partial charge in [-0.1, -0.05) is 19.1 Å². The lowest BCUT2D eigenvalue weighted by Crippen LogP contribution is -2.51. The Bertz CT molecular complexity index is 502. The van der Waals surface area contributed by atoms with E-state index in [9.17, 15) is 4.79 Å². The average molecular weight is 273 g/mol. The van der Waals surface area contributed by atoms with E-state index < -0.39 is 0 Å². The molecular weight excluding hydrogens is 250 g/mol. The summed E-state index contributed by atoms with van der Waals surface area (Å²) in [4.78, 5) is 14.9. The van der Waals surface area contributed by atoms with E-state index in [2.05, 4.69) is 29.4 Å². The van der Waals surface area contributed by atoms with Crippen LogP contribution in [0.2, 0.25) is 0 Å². The van der Waals surface area contributed by atoms with Gasteiger partial charge in [0.1, 0.15) is 6.04 Å². The van der Waals surface area contributed by atoms with Crippen molar-refractivity contribution in [2.45, 2.75) is 51.2 Å². The van der Waals surface area contributed by atoms with Crippen LogP contribution in [0.4, 0.5) is 11.4 Å². The third-order valence-electron chi connectivity index (χ3n) is 4.56. The molecule has 4 heteroatoms. The third kappa shape index (κ3) is 2.23. The van der Waals surface area contributed by atoms with E-state index in [1.54, 1.807) is 0 Å². The number of rotatable bonds is 2. The van der Waals surface area contributed by atoms with E-state index >= 15 is 0 Å². The van der Waals surface area contributed by atoms with Crippen LogP contribution in [-0.2, 0) is 4.79 Å². The number of hydrogen-bond donors (Lipinski definition) is 2. The summed E-state index contributed by atoms with van der Waals surface area (Å²) in [5.74, 6) is 0.240. The second kappa shape index (κ2) is 5.35. The molecule has 1 aromatic rings. The first-order chi connectivity index (χ1) is 9.70. The van der Waals surface area contributed by atoms with Gasteiger partial charge in [-0.25, -0.2) is 0 Å². The summed E-state index contributed by atoms with van der Waals surface area (Å²) in [7, 11) is 0. The van der Waals surface area contributed by atoms with Crippen LogP contribution < -0.4 is 10.6 Å². The second-order valence-corrected chi connectivity index (χ2v) is 5.86. The molecule has 0 saturated carbocycles. The summed E-state index contributed by atoms with van der Waals surface area (Å²) >= 11 is 0. The molecule has 3 atom stereocenters. The minimum absolute atomic E-state index is 0.153. The Morgan fingerprint density at radius 2 is 2.05 bits per heavy atom. The molecule has 2 aliphatic heterocycles. The van der Waals surface area contributed by atoms with Crippen LogP contribution in [-0.4, -0.2) is 35.5 Å². The molecule has 1 saturated heterocycles. The molecule has 1 aromatic carbocycles. The molecule has 1 amide bonds. The Morgan fingerprint density at radius 3 is 2.80 bits per heavy atom. The number of carbonyl (C=O) groups excluding carboxylic acids is 1. The molecule has 108 valence electrons. The molecule has 2 heterocycles. The van der Waals surface area contributed by atoms with Gasteiger partial charge in [0.25, 0.3) is 0 Å². The molecule has 3 rings (SSSR count). The van der Waals surface area contributed by atoms with Gasteiger partial charge in [-0.3, -0.25) is 4.79 Å². The van der Waals surface area contributed by atoms with Crippen molar-refractivity contribution in [3.63, 3.8) is 0 Å². The summed E-state index contributed by atoms with van der Waals surface area (Å²) in [6, 6.07) is 8.68. The van der Waals surface area contributed by atoms with Crippen molar-refractivity contribution >= 4 is 17.3 Å². The molecule has 3 unspecified atom stereocenters. The predicted octanol–water partition coefficient (Wildman–Crippen LogP) is 2.68. The molecule has 0 radical (unpaired) electrons. The van der Waals surface area contributed by atoms with Gasteiger partial charge < -0.3 is 15.5 Å². The lowest BCUT2D eigenvalue weighted by molar-refractivity contribution is -0.134. The third-order valence-corrected chi connectivity index (χ3v) is 4.56. The zero-order valence-corrected chi connectivity index (χ0v) is 12.2. The normalized spacial score (nSPS) is 28.5. The Balaban J connectivity index is 1.76. The highest BCUT2D eigenvalue weighted by Gasteiger charge is 2.37. The van der Waals surface area contributed by atoms with E-state index in [1.807, 2.05) is 24.3 Å². The Morgan fingerprint density at radius 1 is 1.30 bits per heavy atom. The van der Waals surface area contributed by atoms with Crippen LogP contribution in [0.1, 0.15) is 33.1 Å². The van der Waals surface area contributed by atoms with Crippen LogP contribution in [0.3, 0.4) is 0 Å². The summed E-state index contributed by atoms with van der Waals surface area (Å²) in [5, 5.41) is 6.74. The number of benzene rings is 1. The number of nitrogens with one attached hydrogen (secondary N) is 2. The van der Waals surface area contributed by atoms with Gasteiger partial charge in [0.2, 0.25) is 5.91 Å². The van der Waals surface area contributed by atoms with Crippen LogP contribution in [0, 0.1) is 0 Å². The number of hydrogen-bond acceptors (Lipinski definition) is 3. The van der Waals surface area contributed by atoms with E-state index in [-0.39, 0.29) is 11.9 Å². The van der Waals surface area contributed by atoms with Gasteiger partial charge in [-0.2, -0.15) is 0 Å². The first kappa shape index (κ1) is 13.3. The number of likely N-dealkylation sites (tertiary alicyclic amines) is 1. The monoisotopic (exact) mass is 273 g/mol. The number of fused-ring (bicyclic) bond motifs is 1. The number of anilines is 2. The summed E-state index contributed by atoms with van der Waals surface area (Å²) in [6.45, 7) is 5.00. The maximum Gasteiger partial charge on any atom is 0.247 e. The standard InChI is InChI=1S/C16H23N3O/c1-3-12-9-8-11(2)19(12)16(20)15-10-17-13-6-4-5-7-14(13)18-15/h4-7,11-12,15,17-18H,3,8-10H2,1-2H3. The van der Waals surface area contributed by atoms with Crippen molar-refractivity contribution in [2.24, 2.45) is 0 Å². The van der Waals surface area contributed by atoms with E-state index in [1.165, 1.54) is 0 Å². The van der Waals surface area contributed by atoms with Gasteiger partial charge in [0.05, 0.1) is 11.4 Å². The van der Waals surface area contributed by atoms with Crippen molar-refractivity contribution < 1.29 is 4.79 Å². The van der Waals surface area contributed by atoms with E-state index in [0.29, 0.717) is 18.6 Å². The Labute approximate surface area is 120 Å². The molecule has 2 N–H and O–H groups in total. The van der Waals surface area contributed by atoms with Crippen molar-refractivity contribution in [1.29, 1.82) is 0 Å². The van der Waals surface area contributed by atoms with Gasteiger partial charge in [0, 0.05) is 18.6 Å². The van der Waals surface area contributed by atoms with Crippen molar-refractivity contribution in [3.05, 3.63) is 24.3 Å². The minimum atomic E-state index is -0.153. The summed E-state index contributed by atoms with van der Waals surface area (Å²) < 4.78 is 0. The summed E-state index contributed by atoms with van der Waals surface area (Å²) in [6.07, 6.45) is 3.31. The Kier molecular flexibility index (Phi) is 3.55. The van der Waals surface area contributed by atoms with Gasteiger partial charge in [-0.05, 0) is 38.3 Å². The molecule has 0 bridgehead atoms. The molecule has 1 fully saturated rings. The largest absolute Gasteiger partial charge is 0.381 e. The van der Waals surface area contributed by atoms with Crippen LogP contribution >= 0.6 is 0 Å². The first-order valence-corrected chi connectivity index (χ1v) is 7.62. The van der Waals surface area contributed by atoms with Gasteiger partial charge in [0.15, 0.2) is 0 Å². The van der Waals surface area contributed by atoms with E-state index in [0.717, 1.165) is 30.6 Å². The quantitative estimate of drug-likeness (QED) is 0.870. The highest BCUT2D eigenvalue weighted by Crippen LogP contribution is 2.30. The zero-order valence-electron chi connectivity index (χ0n) is 12.2. The fourth-order valence-electron chi connectivity index (χ4n) is 3.41. The van der Waals surface area contributed by atoms with Gasteiger partial charge >= 0.3 is 0 Å². The molecule has 0 spiro atoms. The smallest absolute Gasteiger partial charge is 0.247 e. The number of para-hydroxylation sites is 2. The lowest BCUT2D eigenvalue weighted by atomic mass is 10.1. The van der Waals surface area contributed by atoms with Crippen LogP contribution in [0.15, 0.2) is 24.3 Å². The maximum absolute atomic E-state index is 12.8. The molecule has 20 heavy (non-hydrogen) atoms. The lowest BCUT2D eigenvalue weighted by Gasteiger charge is -2.35. The fourth-order valence-corrected chi connectivity index (χ4v) is 3.41. The molecule has 0 aliphatic carbocycles. The first-order valence-electron chi connectivity index (χ1n) is 7.62. The van der Waals surface area contributed by atoms with Crippen molar-refractivity contribution in [1.82, 2.24) is 4.90 Å². The minimum Gasteiger partial charge on any atom is -0.381 e. The number of nitrogens with zero attached hydrogens (tertiary/aromatic N) is 1. The van der Waals surface area contributed by atoms with Crippen LogP contribution in [0.25, 0.3) is 0 Å². The SMILES string of the molecule is CCC1CCC(C)N1C(=O)C1CNc2ccccc2N1. The Hall–Kier alpha value is -1.71. The highest BCUT2D eigenvalue weighted by atomic mass is 16.2.